The van der Waals surface area contributed by atoms with Gasteiger partial charge in [0.2, 0.25) is 53.2 Å². The number of amides is 9. The van der Waals surface area contributed by atoms with Crippen molar-refractivity contribution in [2.75, 3.05) is 43.7 Å². The van der Waals surface area contributed by atoms with Crippen molar-refractivity contribution < 1.29 is 68.1 Å². The predicted octanol–water partition coefficient (Wildman–Crippen LogP) is -3.52. The molecule has 0 bridgehead atoms. The summed E-state index contributed by atoms with van der Waals surface area (Å²) >= 11 is 2.84. The van der Waals surface area contributed by atoms with Crippen molar-refractivity contribution >= 4 is 88.6 Å². The highest BCUT2D eigenvalue weighted by Gasteiger charge is 2.36. The van der Waals surface area contributed by atoms with Crippen LogP contribution in [0.1, 0.15) is 105 Å². The van der Waals surface area contributed by atoms with Crippen LogP contribution in [0.2, 0.25) is 0 Å². The molecule has 0 unspecified atom stereocenters. The fourth-order valence-corrected chi connectivity index (χ4v) is 7.88. The van der Waals surface area contributed by atoms with E-state index in [2.05, 4.69) is 37.2 Å². The van der Waals surface area contributed by atoms with Gasteiger partial charge in [0.25, 0.3) is 0 Å². The van der Waals surface area contributed by atoms with E-state index in [-0.39, 0.29) is 57.5 Å². The van der Waals surface area contributed by atoms with E-state index in [1.54, 1.807) is 34.0 Å². The predicted molar refractivity (Wildman–Crippen MR) is 275 cm³/mol. The minimum absolute atomic E-state index is 0.0286. The van der Waals surface area contributed by atoms with Gasteiger partial charge in [-0.1, -0.05) is 27.7 Å². The van der Waals surface area contributed by atoms with E-state index < -0.39 is 138 Å². The molecule has 0 aromatic heterocycles. The molecule has 28 heteroatoms. The van der Waals surface area contributed by atoms with E-state index in [0.717, 1.165) is 0 Å². The molecule has 0 heterocycles. The van der Waals surface area contributed by atoms with Crippen LogP contribution in [0.4, 0.5) is 0 Å². The molecule has 0 aliphatic carbocycles. The van der Waals surface area contributed by atoms with Gasteiger partial charge in [0, 0.05) is 6.42 Å². The number of hydrogen-bond donors (Lipinski definition) is 15. The molecule has 0 spiro atoms. The number of hydrogen-bond acceptors (Lipinski definition) is 17. The average molecular weight is 1080 g/mol. The molecule has 0 radical (unpaired) electrons. The van der Waals surface area contributed by atoms with Crippen molar-refractivity contribution in [1.82, 2.24) is 42.5 Å². The Balaban J connectivity index is 6.70. The number of aliphatic carboxylic acids is 2. The fourth-order valence-electron chi connectivity index (χ4n) is 6.92. The summed E-state index contributed by atoms with van der Waals surface area (Å²) in [5, 5.41) is 48.1. The number of unbranched alkanes of at least 4 members (excludes halogenated alkanes) is 2. The number of thioether (sulfide) groups is 2. The number of nitrogens with two attached hydrogens (primary N) is 4. The fraction of sp³-hybridized carbons (Fsp3) is 0.756. The van der Waals surface area contributed by atoms with E-state index in [4.69, 9.17) is 22.9 Å². The van der Waals surface area contributed by atoms with Crippen LogP contribution >= 0.6 is 23.5 Å². The monoisotopic (exact) mass is 1080 g/mol. The third-order valence-electron chi connectivity index (χ3n) is 11.1. The number of nitrogens with one attached hydrogen (secondary N) is 8. The maximum absolute atomic E-state index is 14.2. The molecule has 0 aromatic carbocycles. The zero-order valence-electron chi connectivity index (χ0n) is 42.8. The van der Waals surface area contributed by atoms with Gasteiger partial charge in [-0.2, -0.15) is 23.5 Å². The van der Waals surface area contributed by atoms with E-state index in [1.165, 1.54) is 23.5 Å². The second kappa shape index (κ2) is 37.4. The van der Waals surface area contributed by atoms with Gasteiger partial charge in [-0.3, -0.25) is 47.9 Å². The largest absolute Gasteiger partial charge is 0.481 e. The van der Waals surface area contributed by atoms with Gasteiger partial charge in [0.1, 0.15) is 48.3 Å². The highest BCUT2D eigenvalue weighted by molar-refractivity contribution is 7.98. The SMILES string of the molecule is CSCC[C@H](N)C(=O)N[C@@H](CCC(N)=O)C(=O)N[C@H](CCSC)C(=O)N[C@@H](CCCCN)C(=O)N[C@H](CCCCN)C(=O)N[C@H](C(=O)N[C@H](CC(C)C)C(=O)N[C@@H](CC(=O)O)C(=O)N[C@@H](CO)C(=O)O)C(C)C. The van der Waals surface area contributed by atoms with Crippen LogP contribution in [0.5, 0.6) is 0 Å². The number of carboxylic acids is 2. The summed E-state index contributed by atoms with van der Waals surface area (Å²) in [6.07, 6.45) is 4.19. The molecule has 26 nitrogen and oxygen atoms in total. The first kappa shape index (κ1) is 67.7. The zero-order valence-corrected chi connectivity index (χ0v) is 44.5. The van der Waals surface area contributed by atoms with E-state index >= 15 is 0 Å². The first-order valence-corrected chi connectivity index (χ1v) is 27.1. The first-order chi connectivity index (χ1) is 34.4. The Morgan fingerprint density at radius 2 is 0.890 bits per heavy atom. The molecule has 0 saturated carbocycles. The summed E-state index contributed by atoms with van der Waals surface area (Å²) < 4.78 is 0. The second-order valence-corrected chi connectivity index (χ2v) is 20.1. The maximum atomic E-state index is 14.2. The quantitative estimate of drug-likeness (QED) is 0.0265. The Kier molecular flexibility index (Phi) is 34.7. The van der Waals surface area contributed by atoms with Crippen molar-refractivity contribution in [3.05, 3.63) is 0 Å². The first-order valence-electron chi connectivity index (χ1n) is 24.3. The van der Waals surface area contributed by atoms with E-state index in [1.807, 2.05) is 11.6 Å². The van der Waals surface area contributed by atoms with Gasteiger partial charge >= 0.3 is 11.9 Å². The van der Waals surface area contributed by atoms with Crippen LogP contribution in [-0.2, 0) is 52.7 Å². The standard InChI is InChI=1S/C45H82N12O14S2/c1-24(2)21-31(42(67)54-32(22-35(60)61)43(68)56-33(23-58)45(70)71)55-44(69)36(25(3)4)57-41(66)28(12-8-10-18-47)52-38(63)27(11-7-9-17-46)51-40(65)30(16-20-73-6)53-39(64)29(13-14-34(49)59)50-37(62)26(48)15-19-72-5/h24-33,36,58H,7-23,46-48H2,1-6H3,(H2,49,59)(H,50,62)(H,51,65)(H,52,63)(H,53,64)(H,54,67)(H,55,69)(H,56,68)(H,57,66)(H,60,61)(H,70,71)/t26-,27-,28+,29-,30+,31+,32-,33-,36-/m0/s1. The highest BCUT2D eigenvalue weighted by Crippen LogP contribution is 2.13. The van der Waals surface area contributed by atoms with Gasteiger partial charge in [-0.15, -0.1) is 0 Å². The van der Waals surface area contributed by atoms with Gasteiger partial charge < -0.3 is 80.8 Å². The molecular formula is C45H82N12O14S2. The van der Waals surface area contributed by atoms with E-state index in [0.29, 0.717) is 43.6 Å². The topological polar surface area (TPSA) is 449 Å². The number of aliphatic hydroxyl groups is 1. The van der Waals surface area contributed by atoms with Crippen molar-refractivity contribution in [1.29, 1.82) is 0 Å². The number of carbonyl (C=O) groups excluding carboxylic acids is 9. The summed E-state index contributed by atoms with van der Waals surface area (Å²) in [5.41, 5.74) is 22.9. The second-order valence-electron chi connectivity index (χ2n) is 18.2. The molecule has 418 valence electrons. The Morgan fingerprint density at radius 1 is 0.493 bits per heavy atom. The zero-order chi connectivity index (χ0) is 55.8. The molecule has 0 aliphatic rings. The molecule has 0 aliphatic heterocycles. The van der Waals surface area contributed by atoms with Gasteiger partial charge in [-0.05, 0) is 113 Å². The van der Waals surface area contributed by atoms with Crippen LogP contribution in [0.15, 0.2) is 0 Å². The molecule has 19 N–H and O–H groups in total. The number of carboxylic acid groups (broad SMARTS) is 2. The van der Waals surface area contributed by atoms with Gasteiger partial charge in [0.05, 0.1) is 19.1 Å². The molecule has 0 saturated heterocycles. The Hall–Kier alpha value is -5.29. The van der Waals surface area contributed by atoms with Crippen molar-refractivity contribution in [3.63, 3.8) is 0 Å². The highest BCUT2D eigenvalue weighted by atomic mass is 32.2. The summed E-state index contributed by atoms with van der Waals surface area (Å²) in [6.45, 7) is 6.10. The lowest BCUT2D eigenvalue weighted by atomic mass is 9.98. The van der Waals surface area contributed by atoms with Gasteiger partial charge in [0.15, 0.2) is 0 Å². The lowest BCUT2D eigenvalue weighted by Crippen LogP contribution is -2.61. The summed E-state index contributed by atoms with van der Waals surface area (Å²) in [7, 11) is 0. The van der Waals surface area contributed by atoms with Crippen molar-refractivity contribution in [2.45, 2.75) is 159 Å². The minimum atomic E-state index is -1.82. The number of aliphatic hydroxyl groups excluding tert-OH is 1. The molecule has 9 amide bonds. The summed E-state index contributed by atoms with van der Waals surface area (Å²) in [4.78, 5) is 144. The number of rotatable bonds is 40. The number of primary amides is 1. The Bertz CT molecular complexity index is 1820. The molecular weight excluding hydrogens is 997 g/mol. The summed E-state index contributed by atoms with van der Waals surface area (Å²) in [5.74, 6) is -10.7. The van der Waals surface area contributed by atoms with E-state index in [9.17, 15) is 68.1 Å². The lowest BCUT2D eigenvalue weighted by molar-refractivity contribution is -0.144. The Labute approximate surface area is 435 Å². The molecule has 73 heavy (non-hydrogen) atoms. The molecule has 0 aromatic rings. The minimum Gasteiger partial charge on any atom is -0.481 e. The third-order valence-corrected chi connectivity index (χ3v) is 12.4. The Morgan fingerprint density at radius 3 is 1.32 bits per heavy atom. The van der Waals surface area contributed by atoms with Crippen LogP contribution in [0, 0.1) is 11.8 Å². The average Bonchev–Trinajstić information content (AvgIpc) is 3.31. The number of carbonyl (C=O) groups is 11. The molecule has 9 atom stereocenters. The van der Waals surface area contributed by atoms with Crippen LogP contribution in [0.25, 0.3) is 0 Å². The third kappa shape index (κ3) is 28.1. The maximum Gasteiger partial charge on any atom is 0.328 e. The van der Waals surface area contributed by atoms with Crippen LogP contribution in [0.3, 0.4) is 0 Å². The van der Waals surface area contributed by atoms with Crippen molar-refractivity contribution in [2.24, 2.45) is 34.8 Å². The summed E-state index contributed by atoms with van der Waals surface area (Å²) in [6, 6.07) is -12.4. The van der Waals surface area contributed by atoms with Crippen molar-refractivity contribution in [3.8, 4) is 0 Å². The molecule has 0 fully saturated rings. The normalized spacial score (nSPS) is 14.9. The smallest absolute Gasteiger partial charge is 0.328 e. The van der Waals surface area contributed by atoms with Gasteiger partial charge in [-0.25, -0.2) is 4.79 Å². The van der Waals surface area contributed by atoms with Crippen LogP contribution < -0.4 is 65.5 Å². The van der Waals surface area contributed by atoms with Crippen LogP contribution in [-0.4, -0.2) is 179 Å². The lowest BCUT2D eigenvalue weighted by Gasteiger charge is -2.29. The molecule has 0 rings (SSSR count).